The maximum atomic E-state index is 12.7. The van der Waals surface area contributed by atoms with Crippen molar-refractivity contribution in [1.82, 2.24) is 14.9 Å². The van der Waals surface area contributed by atoms with Crippen molar-refractivity contribution in [1.29, 1.82) is 5.26 Å². The lowest BCUT2D eigenvalue weighted by Gasteiger charge is -2.62. The smallest absolute Gasteiger partial charge is 0.234 e. The molecule has 26 heavy (non-hydrogen) atoms. The van der Waals surface area contributed by atoms with Crippen molar-refractivity contribution in [3.63, 3.8) is 0 Å². The molecule has 1 aliphatic heterocycles. The number of hydrogen-bond acceptors (Lipinski definition) is 5. The first-order valence-electron chi connectivity index (χ1n) is 9.64. The molecule has 0 spiro atoms. The fourth-order valence-electron chi connectivity index (χ4n) is 6.60. The standard InChI is InChI=1S/C18H28N4O3S/c1-26(24,25)21-18-8-13-5-14(9-18)7-17(6-13,12-18)20-16(23)11-22-4-2-3-15(22)10-19/h13-15,21H,2-9,11-12H2,1H3,(H,20,23)/t13?,14?,15-,17?,18?/m0/s1. The molecule has 0 aromatic carbocycles. The first-order chi connectivity index (χ1) is 12.2. The van der Waals surface area contributed by atoms with Gasteiger partial charge < -0.3 is 5.32 Å². The van der Waals surface area contributed by atoms with Crippen molar-refractivity contribution in [2.45, 2.75) is 68.5 Å². The van der Waals surface area contributed by atoms with Crippen molar-refractivity contribution in [3.8, 4) is 6.07 Å². The summed E-state index contributed by atoms with van der Waals surface area (Å²) < 4.78 is 26.7. The van der Waals surface area contributed by atoms with E-state index in [0.29, 0.717) is 18.3 Å². The largest absolute Gasteiger partial charge is 0.349 e. The third kappa shape index (κ3) is 3.49. The van der Waals surface area contributed by atoms with Crippen LogP contribution in [0.3, 0.4) is 0 Å². The maximum absolute atomic E-state index is 12.7. The van der Waals surface area contributed by atoms with Crippen molar-refractivity contribution in [2.24, 2.45) is 11.8 Å². The average Bonchev–Trinajstić information content (AvgIpc) is 2.89. The van der Waals surface area contributed by atoms with E-state index in [2.05, 4.69) is 16.1 Å². The SMILES string of the molecule is CS(=O)(=O)NC12CC3CC(CC(NC(=O)CN4CCC[C@H]4C#N)(C3)C1)C2. The van der Waals surface area contributed by atoms with Gasteiger partial charge in [-0.15, -0.1) is 0 Å². The number of carbonyl (C=O) groups is 1. The molecule has 5 fully saturated rings. The van der Waals surface area contributed by atoms with Gasteiger partial charge in [0.05, 0.1) is 24.9 Å². The molecule has 8 heteroatoms. The Labute approximate surface area is 155 Å². The molecule has 3 atom stereocenters. The molecule has 1 heterocycles. The first-order valence-corrected chi connectivity index (χ1v) is 11.5. The van der Waals surface area contributed by atoms with Crippen molar-refractivity contribution < 1.29 is 13.2 Å². The van der Waals surface area contributed by atoms with E-state index in [-0.39, 0.29) is 24.0 Å². The van der Waals surface area contributed by atoms with E-state index in [1.165, 1.54) is 6.26 Å². The number of likely N-dealkylation sites (tertiary alicyclic amines) is 1. The van der Waals surface area contributed by atoms with Crippen LogP contribution >= 0.6 is 0 Å². The number of nitrogens with zero attached hydrogens (tertiary/aromatic N) is 2. The molecule has 5 rings (SSSR count). The molecule has 0 aromatic heterocycles. The average molecular weight is 381 g/mol. The third-order valence-corrected chi connectivity index (χ3v) is 7.53. The Morgan fingerprint density at radius 2 is 1.88 bits per heavy atom. The number of hydrogen-bond donors (Lipinski definition) is 2. The third-order valence-electron chi connectivity index (χ3n) is 6.73. The van der Waals surface area contributed by atoms with Gasteiger partial charge in [0.2, 0.25) is 15.9 Å². The predicted molar refractivity (Wildman–Crippen MR) is 96.5 cm³/mol. The van der Waals surface area contributed by atoms with E-state index >= 15 is 0 Å². The van der Waals surface area contributed by atoms with E-state index in [0.717, 1.165) is 51.5 Å². The molecule has 2 N–H and O–H groups in total. The second kappa shape index (κ2) is 6.18. The summed E-state index contributed by atoms with van der Waals surface area (Å²) in [6.07, 6.45) is 8.53. The minimum Gasteiger partial charge on any atom is -0.349 e. The quantitative estimate of drug-likeness (QED) is 0.732. The lowest BCUT2D eigenvalue weighted by molar-refractivity contribution is -0.128. The van der Waals surface area contributed by atoms with E-state index in [9.17, 15) is 18.5 Å². The summed E-state index contributed by atoms with van der Waals surface area (Å²) in [5, 5.41) is 12.5. The first kappa shape index (κ1) is 18.2. The Kier molecular flexibility index (Phi) is 4.33. The van der Waals surface area contributed by atoms with Gasteiger partial charge in [-0.05, 0) is 63.2 Å². The van der Waals surface area contributed by atoms with Gasteiger partial charge in [-0.25, -0.2) is 13.1 Å². The highest BCUT2D eigenvalue weighted by Gasteiger charge is 2.59. The van der Waals surface area contributed by atoms with Crippen LogP contribution in [0.2, 0.25) is 0 Å². The van der Waals surface area contributed by atoms with Crippen LogP contribution in [0.15, 0.2) is 0 Å². The van der Waals surface area contributed by atoms with Gasteiger partial charge >= 0.3 is 0 Å². The Morgan fingerprint density at radius 3 is 2.50 bits per heavy atom. The van der Waals surface area contributed by atoms with E-state index < -0.39 is 15.6 Å². The summed E-state index contributed by atoms with van der Waals surface area (Å²) >= 11 is 0. The zero-order valence-corrected chi connectivity index (χ0v) is 16.1. The normalized spacial score (nSPS) is 41.9. The molecule has 1 amide bonds. The molecule has 144 valence electrons. The topological polar surface area (TPSA) is 102 Å². The molecular formula is C18H28N4O3S. The Balaban J connectivity index is 1.48. The van der Waals surface area contributed by atoms with Crippen LogP contribution in [0.4, 0.5) is 0 Å². The number of carbonyl (C=O) groups excluding carboxylic acids is 1. The van der Waals surface area contributed by atoms with Gasteiger partial charge in [0.15, 0.2) is 0 Å². The number of rotatable bonds is 5. The van der Waals surface area contributed by atoms with Gasteiger partial charge in [0, 0.05) is 17.6 Å². The van der Waals surface area contributed by atoms with E-state index in [1.54, 1.807) is 0 Å². The monoisotopic (exact) mass is 380 g/mol. The second-order valence-corrected chi connectivity index (χ2v) is 11.0. The van der Waals surface area contributed by atoms with Crippen LogP contribution in [0, 0.1) is 23.2 Å². The molecule has 4 saturated carbocycles. The highest BCUT2D eigenvalue weighted by atomic mass is 32.2. The zero-order valence-electron chi connectivity index (χ0n) is 15.3. The minimum absolute atomic E-state index is 0.0244. The molecule has 2 unspecified atom stereocenters. The van der Waals surface area contributed by atoms with Gasteiger partial charge in [-0.1, -0.05) is 0 Å². The van der Waals surface area contributed by atoms with E-state index in [4.69, 9.17) is 0 Å². The Hall–Kier alpha value is -1.17. The fourth-order valence-corrected chi connectivity index (χ4v) is 7.63. The molecule has 4 bridgehead atoms. The zero-order chi connectivity index (χ0) is 18.6. The highest BCUT2D eigenvalue weighted by molar-refractivity contribution is 7.88. The number of amides is 1. The Morgan fingerprint density at radius 1 is 1.23 bits per heavy atom. The lowest BCUT2D eigenvalue weighted by atomic mass is 9.50. The summed E-state index contributed by atoms with van der Waals surface area (Å²) in [5.41, 5.74) is -0.686. The molecular weight excluding hydrogens is 352 g/mol. The fraction of sp³-hybridized carbons (Fsp3) is 0.889. The van der Waals surface area contributed by atoms with Crippen LogP contribution < -0.4 is 10.0 Å². The van der Waals surface area contributed by atoms with Crippen molar-refractivity contribution in [2.75, 3.05) is 19.3 Å². The molecule has 5 aliphatic rings. The number of nitrogens with one attached hydrogen (secondary N) is 2. The minimum atomic E-state index is -3.28. The summed E-state index contributed by atoms with van der Waals surface area (Å²) in [4.78, 5) is 14.7. The summed E-state index contributed by atoms with van der Waals surface area (Å²) in [6.45, 7) is 1.06. The maximum Gasteiger partial charge on any atom is 0.234 e. The van der Waals surface area contributed by atoms with Crippen LogP contribution in [-0.2, 0) is 14.8 Å². The number of sulfonamides is 1. The summed E-state index contributed by atoms with van der Waals surface area (Å²) in [5.74, 6) is 0.928. The van der Waals surface area contributed by atoms with Gasteiger partial charge in [0.1, 0.15) is 0 Å². The highest BCUT2D eigenvalue weighted by Crippen LogP contribution is 2.57. The summed E-state index contributed by atoms with van der Waals surface area (Å²) in [6, 6.07) is 2.12. The van der Waals surface area contributed by atoms with Gasteiger partial charge in [-0.3, -0.25) is 9.69 Å². The van der Waals surface area contributed by atoms with Gasteiger partial charge in [0.25, 0.3) is 0 Å². The predicted octanol–water partition coefficient (Wildman–Crippen LogP) is 0.731. The Bertz CT molecular complexity index is 730. The summed E-state index contributed by atoms with van der Waals surface area (Å²) in [7, 11) is -3.28. The lowest BCUT2D eigenvalue weighted by Crippen LogP contribution is -2.70. The molecule has 4 aliphatic carbocycles. The van der Waals surface area contributed by atoms with Crippen molar-refractivity contribution >= 4 is 15.9 Å². The number of nitriles is 1. The molecule has 0 radical (unpaired) electrons. The second-order valence-electron chi connectivity index (χ2n) is 9.20. The van der Waals surface area contributed by atoms with E-state index in [1.807, 2.05) is 4.90 Å². The molecule has 0 aromatic rings. The van der Waals surface area contributed by atoms with Crippen LogP contribution in [0.1, 0.15) is 51.4 Å². The van der Waals surface area contributed by atoms with Crippen LogP contribution in [0.5, 0.6) is 0 Å². The van der Waals surface area contributed by atoms with Gasteiger partial charge in [-0.2, -0.15) is 5.26 Å². The van der Waals surface area contributed by atoms with Crippen molar-refractivity contribution in [3.05, 3.63) is 0 Å². The van der Waals surface area contributed by atoms with Crippen LogP contribution in [-0.4, -0.2) is 55.7 Å². The van der Waals surface area contributed by atoms with Crippen LogP contribution in [0.25, 0.3) is 0 Å². The molecule has 1 saturated heterocycles. The molecule has 7 nitrogen and oxygen atoms in total.